The van der Waals surface area contributed by atoms with E-state index in [4.69, 9.17) is 22.1 Å². The number of hydrogen-bond acceptors (Lipinski definition) is 6. The number of likely N-dealkylation sites (tertiary alicyclic amines) is 1. The number of carbonyl (C=O) groups is 1. The van der Waals surface area contributed by atoms with E-state index in [9.17, 15) is 4.79 Å². The van der Waals surface area contributed by atoms with Gasteiger partial charge in [0.1, 0.15) is 5.02 Å². The van der Waals surface area contributed by atoms with Crippen LogP contribution in [0.4, 0.5) is 5.95 Å². The zero-order chi connectivity index (χ0) is 18.5. The number of rotatable bonds is 6. The van der Waals surface area contributed by atoms with E-state index < -0.39 is 0 Å². The summed E-state index contributed by atoms with van der Waals surface area (Å²) in [5.74, 6) is 0.826. The molecule has 0 saturated carbocycles. The molecule has 1 atom stereocenters. The van der Waals surface area contributed by atoms with Crippen molar-refractivity contribution >= 4 is 23.5 Å². The number of nitrogens with zero attached hydrogens (tertiary/aromatic N) is 3. The summed E-state index contributed by atoms with van der Waals surface area (Å²) in [5.41, 5.74) is 7.27. The van der Waals surface area contributed by atoms with Gasteiger partial charge >= 0.3 is 0 Å². The number of ether oxygens (including phenoxy) is 1. The standard InChI is InChI=1S/C18H22ClN5O2/c1-2-26-16-15(19)10-21-18(23-16)22-14-7-8-24(11-14)17(25)13-5-3-12(9-20)4-6-13/h3-6,10,14H,2,7-9,11,20H2,1H3,(H,21,22,23)/t14-/m1/s1. The summed E-state index contributed by atoms with van der Waals surface area (Å²) in [6.45, 7) is 4.08. The number of amides is 1. The number of nitrogens with one attached hydrogen (secondary N) is 1. The molecule has 1 amide bonds. The topological polar surface area (TPSA) is 93.4 Å². The second kappa shape index (κ2) is 8.33. The second-order valence-corrected chi connectivity index (χ2v) is 6.47. The van der Waals surface area contributed by atoms with Gasteiger partial charge in [0, 0.05) is 31.2 Å². The highest BCUT2D eigenvalue weighted by Gasteiger charge is 2.27. The molecular formula is C18H22ClN5O2. The summed E-state index contributed by atoms with van der Waals surface area (Å²) in [4.78, 5) is 22.9. The molecule has 1 fully saturated rings. The van der Waals surface area contributed by atoms with Crippen molar-refractivity contribution in [1.29, 1.82) is 0 Å². The van der Waals surface area contributed by atoms with Gasteiger partial charge in [-0.3, -0.25) is 4.79 Å². The van der Waals surface area contributed by atoms with E-state index in [0.29, 0.717) is 48.7 Å². The maximum absolute atomic E-state index is 12.6. The fraction of sp³-hybridized carbons (Fsp3) is 0.389. The van der Waals surface area contributed by atoms with Gasteiger partial charge in [-0.2, -0.15) is 4.98 Å². The first-order valence-electron chi connectivity index (χ1n) is 8.61. The van der Waals surface area contributed by atoms with Crippen LogP contribution in [0.1, 0.15) is 29.3 Å². The van der Waals surface area contributed by atoms with Gasteiger partial charge in [0.05, 0.1) is 12.8 Å². The minimum Gasteiger partial charge on any atom is -0.477 e. The van der Waals surface area contributed by atoms with Gasteiger partial charge in [-0.1, -0.05) is 23.7 Å². The van der Waals surface area contributed by atoms with E-state index in [1.807, 2.05) is 36.1 Å². The van der Waals surface area contributed by atoms with Crippen molar-refractivity contribution in [2.45, 2.75) is 25.9 Å². The number of carbonyl (C=O) groups excluding carboxylic acids is 1. The number of aromatic nitrogens is 2. The summed E-state index contributed by atoms with van der Waals surface area (Å²) >= 11 is 6.01. The number of benzene rings is 1. The van der Waals surface area contributed by atoms with E-state index in [0.717, 1.165) is 12.0 Å². The van der Waals surface area contributed by atoms with Gasteiger partial charge in [0.25, 0.3) is 5.91 Å². The van der Waals surface area contributed by atoms with Crippen molar-refractivity contribution in [3.05, 3.63) is 46.6 Å². The number of nitrogens with two attached hydrogens (primary N) is 1. The zero-order valence-corrected chi connectivity index (χ0v) is 15.4. The van der Waals surface area contributed by atoms with Gasteiger partial charge in [0.15, 0.2) is 0 Å². The lowest BCUT2D eigenvalue weighted by molar-refractivity contribution is 0.0791. The Morgan fingerprint density at radius 3 is 2.88 bits per heavy atom. The largest absolute Gasteiger partial charge is 0.477 e. The normalized spacial score (nSPS) is 16.6. The molecule has 8 heteroatoms. The molecule has 1 aromatic carbocycles. The van der Waals surface area contributed by atoms with Crippen molar-refractivity contribution in [1.82, 2.24) is 14.9 Å². The molecule has 7 nitrogen and oxygen atoms in total. The lowest BCUT2D eigenvalue weighted by Crippen LogP contribution is -2.31. The highest BCUT2D eigenvalue weighted by atomic mass is 35.5. The van der Waals surface area contributed by atoms with Crippen LogP contribution >= 0.6 is 11.6 Å². The highest BCUT2D eigenvalue weighted by Crippen LogP contribution is 2.23. The fourth-order valence-electron chi connectivity index (χ4n) is 2.87. The van der Waals surface area contributed by atoms with Crippen LogP contribution in [0.25, 0.3) is 0 Å². The molecule has 1 aliphatic heterocycles. The summed E-state index contributed by atoms with van der Waals surface area (Å²) in [5, 5.41) is 3.63. The van der Waals surface area contributed by atoms with Gasteiger partial charge in [0.2, 0.25) is 11.8 Å². The maximum Gasteiger partial charge on any atom is 0.253 e. The molecule has 3 N–H and O–H groups in total. The van der Waals surface area contributed by atoms with Crippen LogP contribution in [0.15, 0.2) is 30.5 Å². The first kappa shape index (κ1) is 18.4. The number of hydrogen-bond donors (Lipinski definition) is 2. The maximum atomic E-state index is 12.6. The van der Waals surface area contributed by atoms with E-state index in [-0.39, 0.29) is 11.9 Å². The first-order chi connectivity index (χ1) is 12.6. The van der Waals surface area contributed by atoms with E-state index >= 15 is 0 Å². The predicted octanol–water partition coefficient (Wildman–Crippen LogP) is 2.31. The van der Waals surface area contributed by atoms with Crippen LogP contribution < -0.4 is 15.8 Å². The van der Waals surface area contributed by atoms with Crippen molar-refractivity contribution in [2.75, 3.05) is 25.0 Å². The molecule has 0 radical (unpaired) electrons. The summed E-state index contributed by atoms with van der Waals surface area (Å²) in [6.07, 6.45) is 2.33. The van der Waals surface area contributed by atoms with Gasteiger partial charge in [-0.25, -0.2) is 4.98 Å². The first-order valence-corrected chi connectivity index (χ1v) is 8.98. The Labute approximate surface area is 157 Å². The molecule has 26 heavy (non-hydrogen) atoms. The molecule has 1 aromatic heterocycles. The molecule has 3 rings (SSSR count). The molecule has 0 bridgehead atoms. The SMILES string of the molecule is CCOc1nc(N[C@@H]2CCN(C(=O)c3ccc(CN)cc3)C2)ncc1Cl. The van der Waals surface area contributed by atoms with Gasteiger partial charge in [-0.05, 0) is 31.0 Å². The average molecular weight is 376 g/mol. The van der Waals surface area contributed by atoms with E-state index in [1.54, 1.807) is 0 Å². The fourth-order valence-corrected chi connectivity index (χ4v) is 3.02. The molecule has 0 unspecified atom stereocenters. The van der Waals surface area contributed by atoms with Crippen LogP contribution in [0.5, 0.6) is 5.88 Å². The lowest BCUT2D eigenvalue weighted by atomic mass is 10.1. The number of anilines is 1. The van der Waals surface area contributed by atoms with Crippen LogP contribution in [0, 0.1) is 0 Å². The van der Waals surface area contributed by atoms with Crippen LogP contribution in [-0.2, 0) is 6.54 Å². The zero-order valence-electron chi connectivity index (χ0n) is 14.6. The van der Waals surface area contributed by atoms with Crippen molar-refractivity contribution in [2.24, 2.45) is 5.73 Å². The van der Waals surface area contributed by atoms with Crippen LogP contribution in [0.2, 0.25) is 5.02 Å². The smallest absolute Gasteiger partial charge is 0.253 e. The molecule has 138 valence electrons. The van der Waals surface area contributed by atoms with Crippen molar-refractivity contribution < 1.29 is 9.53 Å². The molecular weight excluding hydrogens is 354 g/mol. The second-order valence-electron chi connectivity index (χ2n) is 6.06. The van der Waals surface area contributed by atoms with Crippen LogP contribution in [0.3, 0.4) is 0 Å². The van der Waals surface area contributed by atoms with Gasteiger partial charge in [-0.15, -0.1) is 0 Å². The molecule has 0 spiro atoms. The van der Waals surface area contributed by atoms with Crippen LogP contribution in [-0.4, -0.2) is 46.5 Å². The third kappa shape index (κ3) is 4.23. The minimum atomic E-state index is 0.0184. The Morgan fingerprint density at radius 1 is 1.42 bits per heavy atom. The third-order valence-corrected chi connectivity index (χ3v) is 4.50. The van der Waals surface area contributed by atoms with Crippen molar-refractivity contribution in [3.8, 4) is 5.88 Å². The van der Waals surface area contributed by atoms with Crippen molar-refractivity contribution in [3.63, 3.8) is 0 Å². The Balaban J connectivity index is 1.61. The van der Waals surface area contributed by atoms with E-state index in [1.165, 1.54) is 6.20 Å². The monoisotopic (exact) mass is 375 g/mol. The average Bonchev–Trinajstić information content (AvgIpc) is 3.12. The molecule has 2 heterocycles. The molecule has 2 aromatic rings. The Bertz CT molecular complexity index is 769. The summed E-state index contributed by atoms with van der Waals surface area (Å²) in [7, 11) is 0. The summed E-state index contributed by atoms with van der Waals surface area (Å²) < 4.78 is 5.38. The minimum absolute atomic E-state index is 0.0184. The highest BCUT2D eigenvalue weighted by molar-refractivity contribution is 6.31. The van der Waals surface area contributed by atoms with Gasteiger partial charge < -0.3 is 20.7 Å². The third-order valence-electron chi connectivity index (χ3n) is 4.24. The lowest BCUT2D eigenvalue weighted by Gasteiger charge is -2.17. The quantitative estimate of drug-likeness (QED) is 0.804. The molecule has 0 aliphatic carbocycles. The van der Waals surface area contributed by atoms with E-state index in [2.05, 4.69) is 15.3 Å². The number of halogens is 1. The Morgan fingerprint density at radius 2 is 2.19 bits per heavy atom. The molecule has 1 aliphatic rings. The summed E-state index contributed by atoms with van der Waals surface area (Å²) in [6, 6.07) is 7.49. The Kier molecular flexibility index (Phi) is 5.90. The molecule has 1 saturated heterocycles. The predicted molar refractivity (Wildman–Crippen MR) is 100 cm³/mol. The Hall–Kier alpha value is -2.38.